The first-order chi connectivity index (χ1) is 22.3. The number of nitrogens with zero attached hydrogens (tertiary/aromatic N) is 1. The second-order valence-electron chi connectivity index (χ2n) is 9.73. The number of thioether (sulfide) groups is 1. The number of hydrogen-bond acceptors (Lipinski definition) is 9. The second-order valence-corrected chi connectivity index (χ2v) is 12.0. The zero-order chi connectivity index (χ0) is 32.5. The number of benzene rings is 3. The molecule has 1 atom stereocenters. The van der Waals surface area contributed by atoms with Gasteiger partial charge in [0, 0.05) is 33.2 Å². The van der Waals surface area contributed by atoms with Crippen molar-refractivity contribution >= 4 is 57.7 Å². The van der Waals surface area contributed by atoms with Gasteiger partial charge < -0.3 is 29.8 Å². The standard InChI is InChI=1S/C34H30N4O6S2/c1-21(31(39)38-34-37-28(20-45-34)23-14-15-29(42-2)30(17-23)43-3)46-26-13-7-11-24(18-26)35-33(41)27(19-25-12-8-16-44-25)36-32(40)22-9-5-4-6-10-22/h4-21H,1-3H3,(H,35,41)(H,36,40)(H,37,38,39)/b27-19-. The van der Waals surface area contributed by atoms with Gasteiger partial charge in [0.15, 0.2) is 16.6 Å². The number of methoxy groups -OCH3 is 2. The van der Waals surface area contributed by atoms with Crippen LogP contribution in [0.2, 0.25) is 0 Å². The first-order valence-corrected chi connectivity index (χ1v) is 15.8. The molecule has 0 bridgehead atoms. The summed E-state index contributed by atoms with van der Waals surface area (Å²) >= 11 is 2.65. The SMILES string of the molecule is COc1ccc(-c2csc(NC(=O)C(C)Sc3cccc(NC(=O)/C(=C/c4ccco4)NC(=O)c4ccccc4)c3)n2)cc1OC. The summed E-state index contributed by atoms with van der Waals surface area (Å²) in [4.78, 5) is 44.5. The fraction of sp³-hybridized carbons (Fsp3) is 0.118. The van der Waals surface area contributed by atoms with Gasteiger partial charge in [-0.05, 0) is 67.6 Å². The lowest BCUT2D eigenvalue weighted by atomic mass is 10.1. The van der Waals surface area contributed by atoms with E-state index in [4.69, 9.17) is 13.9 Å². The monoisotopic (exact) mass is 654 g/mol. The molecular weight excluding hydrogens is 625 g/mol. The lowest BCUT2D eigenvalue weighted by Gasteiger charge is -2.13. The van der Waals surface area contributed by atoms with Crippen LogP contribution in [0.4, 0.5) is 10.8 Å². The van der Waals surface area contributed by atoms with Crippen molar-refractivity contribution in [3.63, 3.8) is 0 Å². The van der Waals surface area contributed by atoms with Crippen molar-refractivity contribution in [3.8, 4) is 22.8 Å². The van der Waals surface area contributed by atoms with Crippen LogP contribution in [-0.2, 0) is 9.59 Å². The first-order valence-electron chi connectivity index (χ1n) is 14.0. The summed E-state index contributed by atoms with van der Waals surface area (Å²) in [5, 5.41) is 10.2. The van der Waals surface area contributed by atoms with Crippen LogP contribution in [0.1, 0.15) is 23.0 Å². The normalized spacial score (nSPS) is 11.8. The van der Waals surface area contributed by atoms with Gasteiger partial charge in [-0.2, -0.15) is 0 Å². The Labute approximate surface area is 273 Å². The van der Waals surface area contributed by atoms with Gasteiger partial charge in [-0.3, -0.25) is 14.4 Å². The molecule has 0 aliphatic rings. The highest BCUT2D eigenvalue weighted by Crippen LogP contribution is 2.34. The summed E-state index contributed by atoms with van der Waals surface area (Å²) in [6.45, 7) is 1.79. The van der Waals surface area contributed by atoms with E-state index in [2.05, 4.69) is 20.9 Å². The molecule has 0 spiro atoms. The molecule has 5 rings (SSSR count). The number of nitrogens with one attached hydrogen (secondary N) is 3. The molecule has 3 amide bonds. The highest BCUT2D eigenvalue weighted by atomic mass is 32.2. The molecule has 234 valence electrons. The van der Waals surface area contributed by atoms with Gasteiger partial charge in [0.05, 0.1) is 31.4 Å². The number of hydrogen-bond donors (Lipinski definition) is 3. The van der Waals surface area contributed by atoms with E-state index in [0.29, 0.717) is 39.3 Å². The number of carbonyl (C=O) groups is 3. The van der Waals surface area contributed by atoms with E-state index in [1.54, 1.807) is 87.9 Å². The van der Waals surface area contributed by atoms with Crippen LogP contribution < -0.4 is 25.4 Å². The molecule has 0 aliphatic carbocycles. The lowest BCUT2D eigenvalue weighted by Crippen LogP contribution is -2.30. The van der Waals surface area contributed by atoms with Crippen LogP contribution in [0, 0.1) is 0 Å². The van der Waals surface area contributed by atoms with E-state index < -0.39 is 17.1 Å². The summed E-state index contributed by atoms with van der Waals surface area (Å²) < 4.78 is 16.0. The molecule has 5 aromatic rings. The third-order valence-electron chi connectivity index (χ3n) is 6.55. The van der Waals surface area contributed by atoms with Gasteiger partial charge in [0.2, 0.25) is 5.91 Å². The van der Waals surface area contributed by atoms with Crippen LogP contribution >= 0.6 is 23.1 Å². The van der Waals surface area contributed by atoms with Gasteiger partial charge in [-0.1, -0.05) is 24.3 Å². The third kappa shape index (κ3) is 8.23. The predicted octanol–water partition coefficient (Wildman–Crippen LogP) is 6.95. The Morgan fingerprint density at radius 3 is 2.46 bits per heavy atom. The minimum Gasteiger partial charge on any atom is -0.493 e. The predicted molar refractivity (Wildman–Crippen MR) is 180 cm³/mol. The number of rotatable bonds is 12. The maximum Gasteiger partial charge on any atom is 0.272 e. The summed E-state index contributed by atoms with van der Waals surface area (Å²) in [5.41, 5.74) is 2.43. The highest BCUT2D eigenvalue weighted by molar-refractivity contribution is 8.00. The molecule has 0 saturated carbocycles. The van der Waals surface area contributed by atoms with E-state index in [0.717, 1.165) is 10.5 Å². The quantitative estimate of drug-likeness (QED) is 0.0973. The molecule has 0 fully saturated rings. The molecule has 2 aromatic heterocycles. The maximum atomic E-state index is 13.3. The minimum atomic E-state index is -0.539. The number of carbonyl (C=O) groups excluding carboxylic acids is 3. The number of amides is 3. The molecule has 1 unspecified atom stereocenters. The average Bonchev–Trinajstić information content (AvgIpc) is 3.77. The number of furan rings is 1. The van der Waals surface area contributed by atoms with E-state index in [-0.39, 0.29) is 11.6 Å². The lowest BCUT2D eigenvalue weighted by molar-refractivity contribution is -0.115. The van der Waals surface area contributed by atoms with Gasteiger partial charge in [-0.15, -0.1) is 23.1 Å². The molecule has 46 heavy (non-hydrogen) atoms. The van der Waals surface area contributed by atoms with Crippen molar-refractivity contribution in [2.24, 2.45) is 0 Å². The van der Waals surface area contributed by atoms with E-state index in [1.165, 1.54) is 35.4 Å². The van der Waals surface area contributed by atoms with Gasteiger partial charge in [0.25, 0.3) is 11.8 Å². The van der Waals surface area contributed by atoms with Crippen molar-refractivity contribution in [1.82, 2.24) is 10.3 Å². The molecule has 0 saturated heterocycles. The van der Waals surface area contributed by atoms with Crippen LogP contribution in [0.5, 0.6) is 11.5 Å². The van der Waals surface area contributed by atoms with Crippen LogP contribution in [0.15, 0.2) is 112 Å². The smallest absolute Gasteiger partial charge is 0.272 e. The Hall–Kier alpha value is -5.33. The van der Waals surface area contributed by atoms with Gasteiger partial charge in [-0.25, -0.2) is 4.98 Å². The summed E-state index contributed by atoms with van der Waals surface area (Å²) in [5.74, 6) is 0.406. The van der Waals surface area contributed by atoms with E-state index in [9.17, 15) is 14.4 Å². The fourth-order valence-electron chi connectivity index (χ4n) is 4.23. The molecule has 12 heteroatoms. The van der Waals surface area contributed by atoms with Gasteiger partial charge in [0.1, 0.15) is 11.5 Å². The Kier molecular flexibility index (Phi) is 10.5. The third-order valence-corrected chi connectivity index (χ3v) is 8.40. The number of thiazole rings is 1. The summed E-state index contributed by atoms with van der Waals surface area (Å²) in [6.07, 6.45) is 2.93. The van der Waals surface area contributed by atoms with Crippen molar-refractivity contribution in [3.05, 3.63) is 114 Å². The van der Waals surface area contributed by atoms with Crippen molar-refractivity contribution < 1.29 is 28.3 Å². The summed E-state index contributed by atoms with van der Waals surface area (Å²) in [7, 11) is 3.14. The topological polar surface area (TPSA) is 132 Å². The van der Waals surface area contributed by atoms with Crippen molar-refractivity contribution in [2.75, 3.05) is 24.9 Å². The van der Waals surface area contributed by atoms with Crippen LogP contribution in [-0.4, -0.2) is 42.2 Å². The molecular formula is C34H30N4O6S2. The molecule has 2 heterocycles. The van der Waals surface area contributed by atoms with Gasteiger partial charge >= 0.3 is 0 Å². The largest absolute Gasteiger partial charge is 0.493 e. The molecule has 0 radical (unpaired) electrons. The Morgan fingerprint density at radius 2 is 1.72 bits per heavy atom. The van der Waals surface area contributed by atoms with Crippen LogP contribution in [0.3, 0.4) is 0 Å². The van der Waals surface area contributed by atoms with E-state index in [1.807, 2.05) is 23.6 Å². The second kappa shape index (κ2) is 15.1. The van der Waals surface area contributed by atoms with Crippen molar-refractivity contribution in [1.29, 1.82) is 0 Å². The van der Waals surface area contributed by atoms with Crippen molar-refractivity contribution in [2.45, 2.75) is 17.1 Å². The zero-order valence-corrected chi connectivity index (χ0v) is 26.7. The first kappa shape index (κ1) is 32.1. The average molecular weight is 655 g/mol. The number of anilines is 2. The number of aromatic nitrogens is 1. The molecule has 0 aliphatic heterocycles. The summed E-state index contributed by atoms with van der Waals surface area (Å²) in [6, 6.07) is 24.6. The Morgan fingerprint density at radius 1 is 0.913 bits per heavy atom. The molecule has 3 aromatic carbocycles. The minimum absolute atomic E-state index is 0.00510. The Balaban J connectivity index is 1.22. The zero-order valence-electron chi connectivity index (χ0n) is 25.1. The molecule has 3 N–H and O–H groups in total. The Bertz CT molecular complexity index is 1850. The van der Waals surface area contributed by atoms with Crippen LogP contribution in [0.25, 0.3) is 17.3 Å². The maximum absolute atomic E-state index is 13.3. The number of ether oxygens (including phenoxy) is 2. The fourth-order valence-corrected chi connectivity index (χ4v) is 5.88. The highest BCUT2D eigenvalue weighted by Gasteiger charge is 2.19. The molecule has 10 nitrogen and oxygen atoms in total. The van der Waals surface area contributed by atoms with E-state index >= 15 is 0 Å².